The van der Waals surface area contributed by atoms with Gasteiger partial charge in [0.05, 0.1) is 17.0 Å². The predicted octanol–water partition coefficient (Wildman–Crippen LogP) is 1.50. The van der Waals surface area contributed by atoms with Gasteiger partial charge in [0.2, 0.25) is 5.91 Å². The smallest absolute Gasteiger partial charge is 0.231 e. The molecule has 1 saturated heterocycles. The predicted molar refractivity (Wildman–Crippen MR) is 65.4 cm³/mol. The van der Waals surface area contributed by atoms with Gasteiger partial charge in [0.15, 0.2) is 0 Å². The molecule has 1 atom stereocenters. The van der Waals surface area contributed by atoms with Crippen LogP contribution in [0.25, 0.3) is 0 Å². The Morgan fingerprint density at radius 3 is 2.71 bits per heavy atom. The Kier molecular flexibility index (Phi) is 3.12. The third-order valence-corrected chi connectivity index (χ3v) is 3.19. The molecule has 1 aromatic rings. The van der Waals surface area contributed by atoms with Gasteiger partial charge in [0.1, 0.15) is 0 Å². The average molecular weight is 229 g/mol. The third-order valence-electron chi connectivity index (χ3n) is 3.19. The number of carbonyl (C=O) groups excluding carboxylic acids is 1. The Morgan fingerprint density at radius 1 is 1.47 bits per heavy atom. The molecule has 0 aromatic heterocycles. The largest absolute Gasteiger partial charge is 0.326 e. The van der Waals surface area contributed by atoms with Crippen LogP contribution in [0.1, 0.15) is 18.9 Å². The Morgan fingerprint density at radius 2 is 2.18 bits per heavy atom. The van der Waals surface area contributed by atoms with E-state index in [1.54, 1.807) is 24.3 Å². The summed E-state index contributed by atoms with van der Waals surface area (Å²) in [5.41, 5.74) is 1.01. The first kappa shape index (κ1) is 11.6. The van der Waals surface area contributed by atoms with Crippen LogP contribution in [0.5, 0.6) is 0 Å². The van der Waals surface area contributed by atoms with Crippen molar-refractivity contribution in [2.75, 3.05) is 18.4 Å². The van der Waals surface area contributed by atoms with Crippen LogP contribution in [0.3, 0.4) is 0 Å². The molecule has 1 aromatic carbocycles. The summed E-state index contributed by atoms with van der Waals surface area (Å²) >= 11 is 0. The van der Waals surface area contributed by atoms with Crippen molar-refractivity contribution in [2.24, 2.45) is 5.41 Å². The summed E-state index contributed by atoms with van der Waals surface area (Å²) in [6.45, 7) is 3.57. The van der Waals surface area contributed by atoms with E-state index in [2.05, 4.69) is 10.6 Å². The number of hydrogen-bond donors (Lipinski definition) is 2. The van der Waals surface area contributed by atoms with E-state index in [0.29, 0.717) is 5.56 Å². The molecule has 0 spiro atoms. The molecule has 1 unspecified atom stereocenters. The fraction of sp³-hybridized carbons (Fsp3) is 0.385. The van der Waals surface area contributed by atoms with E-state index in [0.717, 1.165) is 25.2 Å². The van der Waals surface area contributed by atoms with Gasteiger partial charge in [-0.3, -0.25) is 4.79 Å². The van der Waals surface area contributed by atoms with E-state index in [4.69, 9.17) is 5.26 Å². The number of benzene rings is 1. The van der Waals surface area contributed by atoms with Gasteiger partial charge in [0.25, 0.3) is 0 Å². The highest BCUT2D eigenvalue weighted by atomic mass is 16.2. The molecule has 2 rings (SSSR count). The van der Waals surface area contributed by atoms with Gasteiger partial charge in [-0.2, -0.15) is 5.26 Å². The van der Waals surface area contributed by atoms with Crippen LogP contribution < -0.4 is 10.6 Å². The second-order valence-electron chi connectivity index (χ2n) is 4.63. The number of anilines is 1. The first-order valence-corrected chi connectivity index (χ1v) is 5.66. The molecule has 0 radical (unpaired) electrons. The highest BCUT2D eigenvalue weighted by Gasteiger charge is 2.36. The van der Waals surface area contributed by atoms with Gasteiger partial charge >= 0.3 is 0 Å². The van der Waals surface area contributed by atoms with Crippen LogP contribution in [0.2, 0.25) is 0 Å². The summed E-state index contributed by atoms with van der Waals surface area (Å²) in [7, 11) is 0. The molecule has 0 bridgehead atoms. The number of nitrogens with zero attached hydrogens (tertiary/aromatic N) is 1. The minimum absolute atomic E-state index is 0.0345. The molecular formula is C13H15N3O. The fourth-order valence-electron chi connectivity index (χ4n) is 1.92. The van der Waals surface area contributed by atoms with E-state index in [1.807, 2.05) is 13.0 Å². The number of hydrogen-bond acceptors (Lipinski definition) is 3. The van der Waals surface area contributed by atoms with Crippen molar-refractivity contribution in [1.29, 1.82) is 5.26 Å². The maximum Gasteiger partial charge on any atom is 0.231 e. The number of rotatable bonds is 2. The lowest BCUT2D eigenvalue weighted by molar-refractivity contribution is -0.123. The molecule has 1 aliphatic rings. The molecule has 1 aliphatic heterocycles. The molecule has 1 fully saturated rings. The lowest BCUT2D eigenvalue weighted by Crippen LogP contribution is -2.35. The van der Waals surface area contributed by atoms with Gasteiger partial charge in [-0.25, -0.2) is 0 Å². The summed E-state index contributed by atoms with van der Waals surface area (Å²) in [6, 6.07) is 8.95. The van der Waals surface area contributed by atoms with Crippen LogP contribution in [0.15, 0.2) is 24.3 Å². The zero-order chi connectivity index (χ0) is 12.3. The second kappa shape index (κ2) is 4.56. The van der Waals surface area contributed by atoms with Crippen LogP contribution in [0.4, 0.5) is 5.69 Å². The van der Waals surface area contributed by atoms with E-state index in [1.165, 1.54) is 0 Å². The maximum atomic E-state index is 12.1. The van der Waals surface area contributed by atoms with Crippen LogP contribution >= 0.6 is 0 Å². The molecule has 4 heteroatoms. The summed E-state index contributed by atoms with van der Waals surface area (Å²) in [5, 5.41) is 14.8. The Labute approximate surface area is 101 Å². The minimum Gasteiger partial charge on any atom is -0.326 e. The van der Waals surface area contributed by atoms with Crippen molar-refractivity contribution in [1.82, 2.24) is 5.32 Å². The van der Waals surface area contributed by atoms with Crippen molar-refractivity contribution in [3.8, 4) is 6.07 Å². The van der Waals surface area contributed by atoms with Crippen LogP contribution in [-0.4, -0.2) is 19.0 Å². The van der Waals surface area contributed by atoms with Crippen molar-refractivity contribution in [3.63, 3.8) is 0 Å². The van der Waals surface area contributed by atoms with Gasteiger partial charge in [-0.1, -0.05) is 0 Å². The minimum atomic E-state index is -0.325. The molecule has 2 N–H and O–H groups in total. The Bertz CT molecular complexity index is 453. The monoisotopic (exact) mass is 229 g/mol. The number of amides is 1. The van der Waals surface area contributed by atoms with Gasteiger partial charge in [-0.05, 0) is 44.2 Å². The van der Waals surface area contributed by atoms with Crippen LogP contribution in [-0.2, 0) is 4.79 Å². The summed E-state index contributed by atoms with van der Waals surface area (Å²) < 4.78 is 0. The molecule has 0 saturated carbocycles. The van der Waals surface area contributed by atoms with E-state index < -0.39 is 0 Å². The summed E-state index contributed by atoms with van der Waals surface area (Å²) in [4.78, 5) is 12.1. The number of nitriles is 1. The van der Waals surface area contributed by atoms with Crippen molar-refractivity contribution < 1.29 is 4.79 Å². The lowest BCUT2D eigenvalue weighted by atomic mass is 9.89. The zero-order valence-corrected chi connectivity index (χ0v) is 9.79. The maximum absolute atomic E-state index is 12.1. The standard InChI is InChI=1S/C13H15N3O/c1-13(6-7-15-9-13)12(17)16-11-4-2-10(8-14)3-5-11/h2-5,15H,6-7,9H2,1H3,(H,16,17). The summed E-state index contributed by atoms with van der Waals surface area (Å²) in [6.07, 6.45) is 0.856. The van der Waals surface area contributed by atoms with Gasteiger partial charge in [0, 0.05) is 12.2 Å². The normalized spacial score (nSPS) is 23.1. The summed E-state index contributed by atoms with van der Waals surface area (Å²) in [5.74, 6) is 0.0345. The van der Waals surface area contributed by atoms with Crippen molar-refractivity contribution in [2.45, 2.75) is 13.3 Å². The van der Waals surface area contributed by atoms with E-state index >= 15 is 0 Å². The van der Waals surface area contributed by atoms with Gasteiger partial charge < -0.3 is 10.6 Å². The van der Waals surface area contributed by atoms with Crippen LogP contribution in [0, 0.1) is 16.7 Å². The Balaban J connectivity index is 2.05. The molecule has 0 aliphatic carbocycles. The molecule has 1 heterocycles. The highest BCUT2D eigenvalue weighted by molar-refractivity contribution is 5.95. The Hall–Kier alpha value is -1.86. The van der Waals surface area contributed by atoms with E-state index in [9.17, 15) is 4.79 Å². The van der Waals surface area contributed by atoms with E-state index in [-0.39, 0.29) is 11.3 Å². The molecule has 4 nitrogen and oxygen atoms in total. The molecule has 88 valence electrons. The van der Waals surface area contributed by atoms with Crippen molar-refractivity contribution in [3.05, 3.63) is 29.8 Å². The third kappa shape index (κ3) is 2.45. The fourth-order valence-corrected chi connectivity index (χ4v) is 1.92. The number of nitrogens with one attached hydrogen (secondary N) is 2. The number of carbonyl (C=O) groups is 1. The highest BCUT2D eigenvalue weighted by Crippen LogP contribution is 2.26. The quantitative estimate of drug-likeness (QED) is 0.807. The second-order valence-corrected chi connectivity index (χ2v) is 4.63. The van der Waals surface area contributed by atoms with Crippen molar-refractivity contribution >= 4 is 11.6 Å². The first-order chi connectivity index (χ1) is 8.14. The first-order valence-electron chi connectivity index (χ1n) is 5.66. The van der Waals surface area contributed by atoms with Gasteiger partial charge in [-0.15, -0.1) is 0 Å². The lowest BCUT2D eigenvalue weighted by Gasteiger charge is -2.21. The topological polar surface area (TPSA) is 64.9 Å². The molecular weight excluding hydrogens is 214 g/mol. The molecule has 17 heavy (non-hydrogen) atoms. The zero-order valence-electron chi connectivity index (χ0n) is 9.79. The average Bonchev–Trinajstić information content (AvgIpc) is 2.78. The SMILES string of the molecule is CC1(C(=O)Nc2ccc(C#N)cc2)CCNC1. The molecule has 1 amide bonds.